The molecule has 0 N–H and O–H groups in total. The average molecular weight is 631 g/mol. The highest BCUT2D eigenvalue weighted by atomic mass is 32.1. The minimum absolute atomic E-state index is 0.663. The van der Waals surface area contributed by atoms with Gasteiger partial charge in [0.1, 0.15) is 0 Å². The molecule has 7 aromatic carbocycles. The van der Waals surface area contributed by atoms with Gasteiger partial charge in [-0.05, 0) is 47.2 Å². The molecule has 0 bridgehead atoms. The van der Waals surface area contributed by atoms with Crippen molar-refractivity contribution in [3.05, 3.63) is 158 Å². The molecule has 0 aliphatic heterocycles. The summed E-state index contributed by atoms with van der Waals surface area (Å²) in [6.45, 7) is 0. The number of hydrogen-bond acceptors (Lipinski definition) is 4. The highest BCUT2D eigenvalue weighted by Gasteiger charge is 2.19. The smallest absolute Gasteiger partial charge is 0.164 e. The van der Waals surface area contributed by atoms with Gasteiger partial charge in [-0.25, -0.2) is 15.0 Å². The Hall–Kier alpha value is -6.17. The van der Waals surface area contributed by atoms with Gasteiger partial charge in [0.2, 0.25) is 0 Å². The highest BCUT2D eigenvalue weighted by molar-refractivity contribution is 7.26. The van der Waals surface area contributed by atoms with Crippen LogP contribution in [0.25, 0.3) is 92.6 Å². The van der Waals surface area contributed by atoms with E-state index < -0.39 is 0 Å². The minimum atomic E-state index is 0.663. The molecule has 48 heavy (non-hydrogen) atoms. The molecule has 0 saturated heterocycles. The van der Waals surface area contributed by atoms with E-state index in [9.17, 15) is 0 Å². The van der Waals surface area contributed by atoms with Gasteiger partial charge in [-0.2, -0.15) is 0 Å². The van der Waals surface area contributed by atoms with E-state index in [1.54, 1.807) is 0 Å². The maximum Gasteiger partial charge on any atom is 0.164 e. The van der Waals surface area contributed by atoms with Crippen LogP contribution in [0.15, 0.2) is 158 Å². The Morgan fingerprint density at radius 2 is 1.02 bits per heavy atom. The van der Waals surface area contributed by atoms with E-state index in [2.05, 4.69) is 102 Å². The van der Waals surface area contributed by atoms with Gasteiger partial charge in [0.05, 0.1) is 16.7 Å². The number of thiophene rings is 1. The third-order valence-corrected chi connectivity index (χ3v) is 10.3. The summed E-state index contributed by atoms with van der Waals surface area (Å²) in [5.41, 5.74) is 6.50. The van der Waals surface area contributed by atoms with Crippen molar-refractivity contribution < 1.29 is 0 Å². The third-order valence-electron chi connectivity index (χ3n) is 9.21. The van der Waals surface area contributed by atoms with Crippen LogP contribution >= 0.6 is 11.3 Å². The zero-order chi connectivity index (χ0) is 31.6. The van der Waals surface area contributed by atoms with Gasteiger partial charge in [0.25, 0.3) is 0 Å². The Kier molecular flexibility index (Phi) is 6.01. The average Bonchev–Trinajstić information content (AvgIpc) is 3.69. The molecule has 3 aromatic heterocycles. The van der Waals surface area contributed by atoms with Crippen molar-refractivity contribution in [1.29, 1.82) is 0 Å². The van der Waals surface area contributed by atoms with E-state index in [4.69, 9.17) is 15.0 Å². The van der Waals surface area contributed by atoms with Crippen molar-refractivity contribution in [2.24, 2.45) is 0 Å². The predicted molar refractivity (Wildman–Crippen MR) is 201 cm³/mol. The van der Waals surface area contributed by atoms with E-state index >= 15 is 0 Å². The van der Waals surface area contributed by atoms with Gasteiger partial charge in [-0.15, -0.1) is 11.3 Å². The molecule has 0 aliphatic rings. The van der Waals surface area contributed by atoms with Gasteiger partial charge in [-0.3, -0.25) is 0 Å². The standard InChI is InChI=1S/C43H26N4S/c1-3-12-27(13-4-1)41-44-42(28-14-5-2-6-15-28)46-43(45-41)31-22-23-33-39(26-31)48-38-21-11-20-36(40(33)38)47-35-19-10-9-18-32(35)34-24-29-16-7-8-17-30(29)25-37(34)47/h1-26H. The Morgan fingerprint density at radius 3 is 1.75 bits per heavy atom. The fraction of sp³-hybridized carbons (Fsp3) is 0. The van der Waals surface area contributed by atoms with Crippen LogP contribution in [0.4, 0.5) is 0 Å². The van der Waals surface area contributed by atoms with Gasteiger partial charge in [0.15, 0.2) is 17.5 Å². The molecule has 5 heteroatoms. The first-order chi connectivity index (χ1) is 23.8. The minimum Gasteiger partial charge on any atom is -0.309 e. The number of benzene rings is 7. The van der Waals surface area contributed by atoms with E-state index in [0.717, 1.165) is 16.7 Å². The quantitative estimate of drug-likeness (QED) is 0.194. The summed E-state index contributed by atoms with van der Waals surface area (Å²) in [5, 5.41) is 7.50. The largest absolute Gasteiger partial charge is 0.309 e. The lowest BCUT2D eigenvalue weighted by Crippen LogP contribution is -2.00. The van der Waals surface area contributed by atoms with Crippen LogP contribution in [0.1, 0.15) is 0 Å². The molecule has 0 fully saturated rings. The SMILES string of the molecule is c1ccc(-c2nc(-c3ccccc3)nc(-c3ccc4c(c3)sc3cccc(-n5c6ccccc6c6cc7ccccc7cc65)c34)n2)cc1. The molecule has 0 radical (unpaired) electrons. The first-order valence-electron chi connectivity index (χ1n) is 16.0. The zero-order valence-electron chi connectivity index (χ0n) is 25.7. The van der Waals surface area contributed by atoms with Crippen molar-refractivity contribution in [3.8, 4) is 39.9 Å². The number of fused-ring (bicyclic) bond motifs is 7. The van der Waals surface area contributed by atoms with Crippen LogP contribution in [0.2, 0.25) is 0 Å². The molecule has 0 aliphatic carbocycles. The summed E-state index contributed by atoms with van der Waals surface area (Å²) in [5.74, 6) is 1.99. The Balaban J connectivity index is 1.19. The normalized spacial score (nSPS) is 11.8. The Morgan fingerprint density at radius 1 is 0.396 bits per heavy atom. The summed E-state index contributed by atoms with van der Waals surface area (Å²) in [6, 6.07) is 55.6. The van der Waals surface area contributed by atoms with Crippen LogP contribution < -0.4 is 0 Å². The highest BCUT2D eigenvalue weighted by Crippen LogP contribution is 2.42. The summed E-state index contributed by atoms with van der Waals surface area (Å²) < 4.78 is 4.89. The molecule has 0 amide bonds. The monoisotopic (exact) mass is 630 g/mol. The van der Waals surface area contributed by atoms with E-state index in [-0.39, 0.29) is 0 Å². The molecule has 0 saturated carbocycles. The first-order valence-corrected chi connectivity index (χ1v) is 16.9. The van der Waals surface area contributed by atoms with Crippen LogP contribution in [-0.2, 0) is 0 Å². The van der Waals surface area contributed by atoms with Crippen molar-refractivity contribution >= 4 is 64.1 Å². The predicted octanol–water partition coefficient (Wildman–Crippen LogP) is 11.5. The molecular weight excluding hydrogens is 605 g/mol. The topological polar surface area (TPSA) is 43.6 Å². The van der Waals surface area contributed by atoms with E-state index in [1.807, 2.05) is 72.0 Å². The number of para-hydroxylation sites is 1. The molecule has 10 rings (SSSR count). The van der Waals surface area contributed by atoms with E-state index in [1.165, 1.54) is 58.4 Å². The summed E-state index contributed by atoms with van der Waals surface area (Å²) in [6.07, 6.45) is 0. The van der Waals surface area contributed by atoms with Crippen LogP contribution in [0.3, 0.4) is 0 Å². The van der Waals surface area contributed by atoms with Crippen molar-refractivity contribution in [2.45, 2.75) is 0 Å². The molecular formula is C43H26N4S. The third kappa shape index (κ3) is 4.25. The van der Waals surface area contributed by atoms with Crippen molar-refractivity contribution in [1.82, 2.24) is 19.5 Å². The summed E-state index contributed by atoms with van der Waals surface area (Å²) in [7, 11) is 0. The summed E-state index contributed by atoms with van der Waals surface area (Å²) in [4.78, 5) is 14.9. The van der Waals surface area contributed by atoms with Gasteiger partial charge >= 0.3 is 0 Å². The fourth-order valence-electron chi connectivity index (χ4n) is 6.98. The molecule has 4 nitrogen and oxygen atoms in total. The Bertz CT molecular complexity index is 2780. The lowest BCUT2D eigenvalue weighted by molar-refractivity contribution is 1.07. The number of hydrogen-bond donors (Lipinski definition) is 0. The first kappa shape index (κ1) is 27.0. The lowest BCUT2D eigenvalue weighted by atomic mass is 10.1. The maximum absolute atomic E-state index is 4.99. The van der Waals surface area contributed by atoms with Gasteiger partial charge < -0.3 is 4.57 Å². The van der Waals surface area contributed by atoms with Crippen molar-refractivity contribution in [3.63, 3.8) is 0 Å². The van der Waals surface area contributed by atoms with Crippen LogP contribution in [0, 0.1) is 0 Å². The number of rotatable bonds is 4. The number of nitrogens with zero attached hydrogens (tertiary/aromatic N) is 4. The van der Waals surface area contributed by atoms with Crippen LogP contribution in [-0.4, -0.2) is 19.5 Å². The second-order valence-corrected chi connectivity index (χ2v) is 13.2. The summed E-state index contributed by atoms with van der Waals surface area (Å²) >= 11 is 1.81. The second kappa shape index (κ2) is 10.7. The molecule has 0 unspecified atom stereocenters. The van der Waals surface area contributed by atoms with E-state index in [0.29, 0.717) is 17.5 Å². The van der Waals surface area contributed by atoms with Gasteiger partial charge in [0, 0.05) is 47.6 Å². The van der Waals surface area contributed by atoms with Gasteiger partial charge in [-0.1, -0.05) is 121 Å². The van der Waals surface area contributed by atoms with Crippen LogP contribution in [0.5, 0.6) is 0 Å². The molecule has 224 valence electrons. The number of aromatic nitrogens is 4. The van der Waals surface area contributed by atoms with Crippen molar-refractivity contribution in [2.75, 3.05) is 0 Å². The maximum atomic E-state index is 4.99. The zero-order valence-corrected chi connectivity index (χ0v) is 26.5. The molecule has 3 heterocycles. The molecule has 10 aromatic rings. The molecule has 0 atom stereocenters. The fourth-order valence-corrected chi connectivity index (χ4v) is 8.15. The molecule has 0 spiro atoms. The second-order valence-electron chi connectivity index (χ2n) is 12.1. The Labute approximate surface area is 280 Å². The lowest BCUT2D eigenvalue weighted by Gasteiger charge is -2.11.